The minimum atomic E-state index is 0.116. The summed E-state index contributed by atoms with van der Waals surface area (Å²) in [7, 11) is 0. The van der Waals surface area contributed by atoms with E-state index in [9.17, 15) is 4.79 Å². The summed E-state index contributed by atoms with van der Waals surface area (Å²) in [5.41, 5.74) is 0. The fourth-order valence-electron chi connectivity index (χ4n) is 2.17. The molecule has 1 aromatic heterocycles. The lowest BCUT2D eigenvalue weighted by Crippen LogP contribution is -2.50. The first-order valence-electron chi connectivity index (χ1n) is 6.44. The van der Waals surface area contributed by atoms with Gasteiger partial charge in [0, 0.05) is 49.4 Å². The molecule has 2 rings (SSSR count). The molecule has 1 saturated heterocycles. The van der Waals surface area contributed by atoms with Gasteiger partial charge in [0.15, 0.2) is 0 Å². The molecule has 5 nitrogen and oxygen atoms in total. The molecule has 19 heavy (non-hydrogen) atoms. The highest BCUT2D eigenvalue weighted by atomic mass is 32.2. The number of carbonyl (C=O) groups excluding carboxylic acids is 1. The molecule has 1 aliphatic heterocycles. The predicted molar refractivity (Wildman–Crippen MR) is 81.0 cm³/mol. The highest BCUT2D eigenvalue weighted by Crippen LogP contribution is 2.19. The molecule has 0 bridgehead atoms. The van der Waals surface area contributed by atoms with Crippen LogP contribution >= 0.6 is 23.3 Å². The smallest absolute Gasteiger partial charge is 0.226 e. The third-order valence-corrected chi connectivity index (χ3v) is 4.92. The average Bonchev–Trinajstić information content (AvgIpc) is 2.85. The zero-order chi connectivity index (χ0) is 13.8. The van der Waals surface area contributed by atoms with E-state index in [2.05, 4.69) is 14.3 Å². The number of hydrogen-bond acceptors (Lipinski definition) is 6. The molecule has 0 aromatic carbocycles. The van der Waals surface area contributed by atoms with Crippen molar-refractivity contribution in [3.8, 4) is 0 Å². The summed E-state index contributed by atoms with van der Waals surface area (Å²) in [4.78, 5) is 20.8. The molecule has 1 fully saturated rings. The Morgan fingerprint density at radius 3 is 2.63 bits per heavy atom. The lowest BCUT2D eigenvalue weighted by Gasteiger charge is -2.35. The van der Waals surface area contributed by atoms with Crippen LogP contribution in [0.2, 0.25) is 0 Å². The summed E-state index contributed by atoms with van der Waals surface area (Å²) in [6, 6.07) is 0. The number of nitrogens with zero attached hydrogens (tertiary/aromatic N) is 4. The maximum atomic E-state index is 12.2. The molecule has 0 spiro atoms. The monoisotopic (exact) mass is 300 g/mol. The minimum Gasteiger partial charge on any atom is -0.343 e. The Balaban J connectivity index is 1.87. The number of aryl methyl sites for hydroxylation is 1. The number of carbonyl (C=O) groups is 1. The van der Waals surface area contributed by atoms with Gasteiger partial charge in [-0.25, -0.2) is 4.98 Å². The lowest BCUT2D eigenvalue weighted by atomic mass is 10.1. The quantitative estimate of drug-likeness (QED) is 0.843. The average molecular weight is 300 g/mol. The van der Waals surface area contributed by atoms with E-state index in [0.29, 0.717) is 0 Å². The van der Waals surface area contributed by atoms with E-state index < -0.39 is 0 Å². The summed E-state index contributed by atoms with van der Waals surface area (Å²) in [5, 5.41) is 0.974. The van der Waals surface area contributed by atoms with Gasteiger partial charge < -0.3 is 9.80 Å². The van der Waals surface area contributed by atoms with E-state index in [4.69, 9.17) is 0 Å². The maximum Gasteiger partial charge on any atom is 0.226 e. The topological polar surface area (TPSA) is 49.3 Å². The van der Waals surface area contributed by atoms with Crippen molar-refractivity contribution in [1.82, 2.24) is 14.3 Å². The zero-order valence-corrected chi connectivity index (χ0v) is 13.3. The molecule has 0 unspecified atom stereocenters. The third-order valence-electron chi connectivity index (χ3n) is 3.22. The minimum absolute atomic E-state index is 0.116. The number of rotatable bonds is 4. The van der Waals surface area contributed by atoms with Gasteiger partial charge >= 0.3 is 0 Å². The van der Waals surface area contributed by atoms with Crippen LogP contribution in [-0.4, -0.2) is 58.4 Å². The Morgan fingerprint density at radius 2 is 2.11 bits per heavy atom. The van der Waals surface area contributed by atoms with Crippen molar-refractivity contribution in [3.05, 3.63) is 5.82 Å². The molecule has 0 aliphatic carbocycles. The van der Waals surface area contributed by atoms with Gasteiger partial charge in [-0.1, -0.05) is 6.92 Å². The standard InChI is InChI=1S/C12H20N4OS2/c1-9(8-18-3)11(17)15-4-6-16(7-5-15)12-13-10(2)14-19-12/h9H,4-8H2,1-3H3/t9-/m1/s1. The Hall–Kier alpha value is -0.820. The van der Waals surface area contributed by atoms with Crippen LogP contribution in [0.3, 0.4) is 0 Å². The van der Waals surface area contributed by atoms with Crippen molar-refractivity contribution in [3.63, 3.8) is 0 Å². The van der Waals surface area contributed by atoms with E-state index in [1.807, 2.05) is 25.0 Å². The van der Waals surface area contributed by atoms with E-state index in [1.165, 1.54) is 11.5 Å². The lowest BCUT2D eigenvalue weighted by molar-refractivity contribution is -0.134. The largest absolute Gasteiger partial charge is 0.343 e. The van der Waals surface area contributed by atoms with Crippen LogP contribution in [0.4, 0.5) is 5.13 Å². The highest BCUT2D eigenvalue weighted by molar-refractivity contribution is 7.98. The summed E-state index contributed by atoms with van der Waals surface area (Å²) < 4.78 is 4.20. The van der Waals surface area contributed by atoms with Crippen LogP contribution < -0.4 is 4.90 Å². The summed E-state index contributed by atoms with van der Waals surface area (Å²) in [6.45, 7) is 7.20. The van der Waals surface area contributed by atoms with Gasteiger partial charge in [-0.3, -0.25) is 4.79 Å². The molecule has 1 aliphatic rings. The van der Waals surface area contributed by atoms with Crippen LogP contribution in [0, 0.1) is 12.8 Å². The van der Waals surface area contributed by atoms with E-state index in [0.717, 1.165) is 42.9 Å². The number of hydrogen-bond donors (Lipinski definition) is 0. The fraction of sp³-hybridized carbons (Fsp3) is 0.750. The zero-order valence-electron chi connectivity index (χ0n) is 11.6. The second-order valence-electron chi connectivity index (χ2n) is 4.79. The summed E-state index contributed by atoms with van der Waals surface area (Å²) in [6.07, 6.45) is 2.04. The van der Waals surface area contributed by atoms with Gasteiger partial charge in [-0.2, -0.15) is 16.1 Å². The fourth-order valence-corrected chi connectivity index (χ4v) is 3.53. The van der Waals surface area contributed by atoms with Crippen LogP contribution in [0.1, 0.15) is 12.7 Å². The van der Waals surface area contributed by atoms with Crippen molar-refractivity contribution in [2.24, 2.45) is 5.92 Å². The van der Waals surface area contributed by atoms with Gasteiger partial charge in [-0.15, -0.1) is 0 Å². The number of amides is 1. The Kier molecular flexibility index (Phi) is 5.04. The summed E-state index contributed by atoms with van der Waals surface area (Å²) >= 11 is 3.17. The number of aromatic nitrogens is 2. The maximum absolute atomic E-state index is 12.2. The second kappa shape index (κ2) is 6.56. The van der Waals surface area contributed by atoms with Crippen molar-refractivity contribution in [2.45, 2.75) is 13.8 Å². The first-order valence-corrected chi connectivity index (χ1v) is 8.61. The molecule has 106 valence electrons. The van der Waals surface area contributed by atoms with Gasteiger partial charge in [0.1, 0.15) is 5.82 Å². The van der Waals surface area contributed by atoms with Gasteiger partial charge in [0.05, 0.1) is 0 Å². The van der Waals surface area contributed by atoms with Crippen LogP contribution in [0.15, 0.2) is 0 Å². The summed E-state index contributed by atoms with van der Waals surface area (Å²) in [5.74, 6) is 2.12. The molecule has 7 heteroatoms. The second-order valence-corrected chi connectivity index (χ2v) is 6.43. The van der Waals surface area contributed by atoms with E-state index >= 15 is 0 Å². The van der Waals surface area contributed by atoms with Gasteiger partial charge in [0.25, 0.3) is 0 Å². The molecule has 0 radical (unpaired) electrons. The van der Waals surface area contributed by atoms with E-state index in [-0.39, 0.29) is 11.8 Å². The molecule has 2 heterocycles. The molecule has 0 saturated carbocycles. The Bertz CT molecular complexity index is 429. The van der Waals surface area contributed by atoms with Crippen molar-refractivity contribution in [1.29, 1.82) is 0 Å². The molecule has 1 aromatic rings. The van der Waals surface area contributed by atoms with Gasteiger partial charge in [-0.05, 0) is 13.2 Å². The number of piperazine rings is 1. The van der Waals surface area contributed by atoms with Crippen molar-refractivity contribution in [2.75, 3.05) is 43.1 Å². The van der Waals surface area contributed by atoms with Gasteiger partial charge in [0.2, 0.25) is 11.0 Å². The van der Waals surface area contributed by atoms with Crippen molar-refractivity contribution >= 4 is 34.3 Å². The van der Waals surface area contributed by atoms with Crippen LogP contribution in [0.5, 0.6) is 0 Å². The number of anilines is 1. The van der Waals surface area contributed by atoms with Crippen LogP contribution in [0.25, 0.3) is 0 Å². The molecular weight excluding hydrogens is 280 g/mol. The Labute approximate surface area is 122 Å². The predicted octanol–water partition coefficient (Wildman–Crippen LogP) is 1.49. The van der Waals surface area contributed by atoms with Crippen molar-refractivity contribution < 1.29 is 4.79 Å². The first-order chi connectivity index (χ1) is 9.11. The molecule has 0 N–H and O–H groups in total. The molecular formula is C12H20N4OS2. The number of thioether (sulfide) groups is 1. The normalized spacial score (nSPS) is 17.6. The Morgan fingerprint density at radius 1 is 1.42 bits per heavy atom. The van der Waals surface area contributed by atoms with Crippen LogP contribution in [-0.2, 0) is 4.79 Å². The highest BCUT2D eigenvalue weighted by Gasteiger charge is 2.25. The third kappa shape index (κ3) is 3.60. The van der Waals surface area contributed by atoms with E-state index in [1.54, 1.807) is 11.8 Å². The molecule has 1 amide bonds. The molecule has 1 atom stereocenters. The SMILES string of the molecule is CSC[C@@H](C)C(=O)N1CCN(c2nc(C)ns2)CC1. The first kappa shape index (κ1) is 14.6.